The largest absolute Gasteiger partial charge is 0.419 e. The topological polar surface area (TPSA) is 90.9 Å². The van der Waals surface area contributed by atoms with Crippen LogP contribution in [0.4, 0.5) is 24.8 Å². The van der Waals surface area contributed by atoms with E-state index in [2.05, 4.69) is 27.0 Å². The molecule has 1 aliphatic heterocycles. The van der Waals surface area contributed by atoms with Crippen LogP contribution in [0.5, 0.6) is 0 Å². The summed E-state index contributed by atoms with van der Waals surface area (Å²) in [7, 11) is 0. The number of nitrogens with one attached hydrogen (secondary N) is 1. The molecule has 3 aromatic rings. The molecule has 3 heterocycles. The first-order chi connectivity index (χ1) is 16.3. The quantitative estimate of drug-likeness (QED) is 0.499. The SMILES string of the molecule is C=C(N)Cc1ccccc1CCc1nc(Nc2cnn(C3CCOCC3)c2)ncc1C(F)(F)F. The molecule has 1 aliphatic rings. The maximum absolute atomic E-state index is 13.6. The van der Waals surface area contributed by atoms with Crippen molar-refractivity contribution in [2.75, 3.05) is 18.5 Å². The van der Waals surface area contributed by atoms with E-state index in [0.29, 0.717) is 37.4 Å². The molecule has 7 nitrogen and oxygen atoms in total. The number of hydrogen-bond acceptors (Lipinski definition) is 6. The van der Waals surface area contributed by atoms with Gasteiger partial charge in [-0.15, -0.1) is 0 Å². The molecule has 10 heteroatoms. The van der Waals surface area contributed by atoms with Crippen LogP contribution in [0, 0.1) is 0 Å². The first-order valence-electron chi connectivity index (χ1n) is 11.1. The lowest BCUT2D eigenvalue weighted by molar-refractivity contribution is -0.138. The molecule has 0 unspecified atom stereocenters. The van der Waals surface area contributed by atoms with Crippen molar-refractivity contribution < 1.29 is 17.9 Å². The first-order valence-corrected chi connectivity index (χ1v) is 11.1. The van der Waals surface area contributed by atoms with E-state index < -0.39 is 11.7 Å². The number of aryl methyl sites for hydroxylation is 2. The predicted molar refractivity (Wildman–Crippen MR) is 123 cm³/mol. The Bertz CT molecular complexity index is 1140. The number of hydrogen-bond donors (Lipinski definition) is 2. The maximum Gasteiger partial charge on any atom is 0.419 e. The third kappa shape index (κ3) is 5.93. The highest BCUT2D eigenvalue weighted by Gasteiger charge is 2.35. The number of alkyl halides is 3. The van der Waals surface area contributed by atoms with Crippen molar-refractivity contribution in [1.82, 2.24) is 19.7 Å². The molecule has 0 amide bonds. The first kappa shape index (κ1) is 23.7. The normalized spacial score (nSPS) is 14.8. The average molecular weight is 473 g/mol. The fourth-order valence-electron chi connectivity index (χ4n) is 4.06. The Morgan fingerprint density at radius 3 is 2.59 bits per heavy atom. The third-order valence-corrected chi connectivity index (χ3v) is 5.76. The van der Waals surface area contributed by atoms with Crippen molar-refractivity contribution in [1.29, 1.82) is 0 Å². The highest BCUT2D eigenvalue weighted by Crippen LogP contribution is 2.32. The summed E-state index contributed by atoms with van der Waals surface area (Å²) in [5, 5.41) is 7.36. The van der Waals surface area contributed by atoms with Crippen LogP contribution >= 0.6 is 0 Å². The lowest BCUT2D eigenvalue weighted by atomic mass is 9.98. The molecule has 0 radical (unpaired) electrons. The number of nitrogens with two attached hydrogens (primary N) is 1. The number of ether oxygens (including phenoxy) is 1. The van der Waals surface area contributed by atoms with Crippen LogP contribution in [-0.2, 0) is 30.2 Å². The number of benzene rings is 1. The minimum Gasteiger partial charge on any atom is -0.402 e. The van der Waals surface area contributed by atoms with Gasteiger partial charge in [-0.05, 0) is 36.8 Å². The van der Waals surface area contributed by atoms with E-state index in [4.69, 9.17) is 10.5 Å². The zero-order chi connectivity index (χ0) is 24.1. The summed E-state index contributed by atoms with van der Waals surface area (Å²) < 4.78 is 48.1. The van der Waals surface area contributed by atoms with Gasteiger partial charge in [0.25, 0.3) is 0 Å². The van der Waals surface area contributed by atoms with Crippen LogP contribution in [0.2, 0.25) is 0 Å². The summed E-state index contributed by atoms with van der Waals surface area (Å²) in [6.45, 7) is 5.09. The van der Waals surface area contributed by atoms with Crippen molar-refractivity contribution in [2.24, 2.45) is 5.73 Å². The smallest absolute Gasteiger partial charge is 0.402 e. The Kier molecular flexibility index (Phi) is 7.16. The maximum atomic E-state index is 13.6. The van der Waals surface area contributed by atoms with Crippen molar-refractivity contribution >= 4 is 11.6 Å². The van der Waals surface area contributed by atoms with E-state index in [-0.39, 0.29) is 24.1 Å². The molecule has 1 saturated heterocycles. The highest BCUT2D eigenvalue weighted by atomic mass is 19.4. The minimum absolute atomic E-state index is 0.0665. The molecule has 2 aromatic heterocycles. The molecule has 1 fully saturated rings. The molecule has 34 heavy (non-hydrogen) atoms. The van der Waals surface area contributed by atoms with Gasteiger partial charge in [-0.25, -0.2) is 9.97 Å². The standard InChI is InChI=1S/C24H27F3N6O/c1-16(28)12-18-5-3-2-4-17(18)6-7-22-21(24(25,26)27)14-29-23(32-22)31-19-13-30-33(15-19)20-8-10-34-11-9-20/h2-5,13-15,20H,1,6-12,28H2,(H,29,31,32). The minimum atomic E-state index is -4.55. The molecule has 4 rings (SSSR count). The Morgan fingerprint density at radius 2 is 1.88 bits per heavy atom. The number of anilines is 2. The molecule has 0 spiro atoms. The zero-order valence-electron chi connectivity index (χ0n) is 18.7. The molecule has 180 valence electrons. The fourth-order valence-corrected chi connectivity index (χ4v) is 4.06. The predicted octanol–water partition coefficient (Wildman–Crippen LogP) is 4.59. The van der Waals surface area contributed by atoms with Crippen LogP contribution in [-0.4, -0.2) is 33.0 Å². The monoisotopic (exact) mass is 472 g/mol. The van der Waals surface area contributed by atoms with Crippen molar-refractivity contribution in [2.45, 2.75) is 44.3 Å². The summed E-state index contributed by atoms with van der Waals surface area (Å²) in [4.78, 5) is 8.13. The van der Waals surface area contributed by atoms with Gasteiger partial charge in [0.15, 0.2) is 0 Å². The summed E-state index contributed by atoms with van der Waals surface area (Å²) in [5.74, 6) is 0.0955. The van der Waals surface area contributed by atoms with Gasteiger partial charge >= 0.3 is 6.18 Å². The summed E-state index contributed by atoms with van der Waals surface area (Å²) >= 11 is 0. The second kappa shape index (κ2) is 10.3. The average Bonchev–Trinajstić information content (AvgIpc) is 3.26. The number of halogens is 3. The van der Waals surface area contributed by atoms with Crippen molar-refractivity contribution in [3.8, 4) is 0 Å². The van der Waals surface area contributed by atoms with Crippen LogP contribution in [0.1, 0.15) is 41.3 Å². The van der Waals surface area contributed by atoms with E-state index in [1.54, 1.807) is 6.20 Å². The highest BCUT2D eigenvalue weighted by molar-refractivity contribution is 5.51. The van der Waals surface area contributed by atoms with Gasteiger partial charge in [-0.1, -0.05) is 30.8 Å². The van der Waals surface area contributed by atoms with Crippen molar-refractivity contribution in [3.63, 3.8) is 0 Å². The van der Waals surface area contributed by atoms with Gasteiger partial charge in [-0.2, -0.15) is 18.3 Å². The van der Waals surface area contributed by atoms with Gasteiger partial charge in [0.1, 0.15) is 0 Å². The van der Waals surface area contributed by atoms with E-state index in [1.807, 2.05) is 35.1 Å². The van der Waals surface area contributed by atoms with Crippen LogP contribution in [0.3, 0.4) is 0 Å². The molecule has 3 N–H and O–H groups in total. The van der Waals surface area contributed by atoms with Crippen LogP contribution < -0.4 is 11.1 Å². The Hall–Kier alpha value is -3.40. The van der Waals surface area contributed by atoms with E-state index in [9.17, 15) is 13.2 Å². The van der Waals surface area contributed by atoms with E-state index >= 15 is 0 Å². The van der Waals surface area contributed by atoms with Crippen LogP contribution in [0.25, 0.3) is 0 Å². The lowest BCUT2D eigenvalue weighted by Gasteiger charge is -2.22. The summed E-state index contributed by atoms with van der Waals surface area (Å²) in [5.41, 5.74) is 7.80. The number of aromatic nitrogens is 4. The van der Waals surface area contributed by atoms with E-state index in [1.165, 1.54) is 0 Å². The van der Waals surface area contributed by atoms with Crippen molar-refractivity contribution in [3.05, 3.63) is 77.5 Å². The number of allylic oxidation sites excluding steroid dienone is 1. The van der Waals surface area contributed by atoms with Crippen LogP contribution in [0.15, 0.2) is 55.1 Å². The molecular weight excluding hydrogens is 445 g/mol. The summed E-state index contributed by atoms with van der Waals surface area (Å²) in [6.07, 6.45) is 2.39. The second-order valence-electron chi connectivity index (χ2n) is 8.33. The third-order valence-electron chi connectivity index (χ3n) is 5.76. The number of rotatable bonds is 8. The Morgan fingerprint density at radius 1 is 1.15 bits per heavy atom. The lowest BCUT2D eigenvalue weighted by Crippen LogP contribution is -2.19. The van der Waals surface area contributed by atoms with Gasteiger partial charge in [-0.3, -0.25) is 4.68 Å². The molecule has 0 bridgehead atoms. The number of nitrogens with zero attached hydrogens (tertiary/aromatic N) is 4. The zero-order valence-corrected chi connectivity index (χ0v) is 18.7. The second-order valence-corrected chi connectivity index (χ2v) is 8.33. The molecule has 1 aromatic carbocycles. The fraction of sp³-hybridized carbons (Fsp3) is 0.375. The molecular formula is C24H27F3N6O. The van der Waals surface area contributed by atoms with Gasteiger partial charge in [0, 0.05) is 37.7 Å². The molecule has 0 aliphatic carbocycles. The molecule has 0 atom stereocenters. The molecule has 0 saturated carbocycles. The van der Waals surface area contributed by atoms with Gasteiger partial charge < -0.3 is 15.8 Å². The summed E-state index contributed by atoms with van der Waals surface area (Å²) in [6, 6.07) is 7.75. The Balaban J connectivity index is 1.53. The Labute approximate surface area is 195 Å². The van der Waals surface area contributed by atoms with Gasteiger partial charge in [0.05, 0.1) is 29.2 Å². The van der Waals surface area contributed by atoms with E-state index in [0.717, 1.165) is 30.2 Å². The van der Waals surface area contributed by atoms with Gasteiger partial charge in [0.2, 0.25) is 5.95 Å².